The Hall–Kier alpha value is -1.37. The minimum atomic E-state index is 0. The summed E-state index contributed by atoms with van der Waals surface area (Å²) in [6.07, 6.45) is 5.51. The van der Waals surface area contributed by atoms with E-state index >= 15 is 0 Å². The first kappa shape index (κ1) is 15.5. The van der Waals surface area contributed by atoms with E-state index in [4.69, 9.17) is 10.2 Å². The number of carbonyl (C=O) groups excluding carboxylic acids is 1. The first-order chi connectivity index (χ1) is 10.2. The Bertz CT molecular complexity index is 658. The molecular formula is C15H18ClN3O2S. The fraction of sp³-hybridized carbons (Fsp3) is 0.467. The van der Waals surface area contributed by atoms with Gasteiger partial charge in [0.05, 0.1) is 12.5 Å². The maximum atomic E-state index is 12.6. The van der Waals surface area contributed by atoms with Crippen LogP contribution in [0.5, 0.6) is 0 Å². The van der Waals surface area contributed by atoms with Crippen molar-refractivity contribution >= 4 is 29.7 Å². The van der Waals surface area contributed by atoms with E-state index in [2.05, 4.69) is 4.98 Å². The molecule has 1 aliphatic heterocycles. The number of carbonyl (C=O) groups is 1. The van der Waals surface area contributed by atoms with Crippen LogP contribution in [0.15, 0.2) is 29.0 Å². The second kappa shape index (κ2) is 6.02. The average molecular weight is 340 g/mol. The Morgan fingerprint density at radius 1 is 1.41 bits per heavy atom. The Morgan fingerprint density at radius 3 is 3.00 bits per heavy atom. The Morgan fingerprint density at radius 2 is 2.27 bits per heavy atom. The molecule has 22 heavy (non-hydrogen) atoms. The zero-order valence-electron chi connectivity index (χ0n) is 12.0. The van der Waals surface area contributed by atoms with Gasteiger partial charge in [-0.05, 0) is 36.8 Å². The highest BCUT2D eigenvalue weighted by Gasteiger charge is 2.42. The van der Waals surface area contributed by atoms with Gasteiger partial charge in [-0.25, -0.2) is 4.98 Å². The molecule has 0 radical (unpaired) electrons. The molecule has 2 aromatic heterocycles. The number of aromatic nitrogens is 1. The van der Waals surface area contributed by atoms with Crippen molar-refractivity contribution in [1.29, 1.82) is 0 Å². The van der Waals surface area contributed by atoms with Gasteiger partial charge in [-0.1, -0.05) is 0 Å². The number of hydrogen-bond acceptors (Lipinski definition) is 5. The monoisotopic (exact) mass is 339 g/mol. The number of hydrogen-bond donors (Lipinski definition) is 1. The van der Waals surface area contributed by atoms with Crippen LogP contribution in [0.1, 0.15) is 22.5 Å². The largest absolute Gasteiger partial charge is 0.462 e. The predicted octanol–water partition coefficient (Wildman–Crippen LogP) is 2.63. The Balaban J connectivity index is 0.00000144. The first-order valence-corrected chi connectivity index (χ1v) is 8.08. The highest BCUT2D eigenvalue weighted by atomic mass is 35.5. The zero-order chi connectivity index (χ0) is 14.4. The summed E-state index contributed by atoms with van der Waals surface area (Å²) in [5.41, 5.74) is 6.13. The van der Waals surface area contributed by atoms with Crippen molar-refractivity contribution < 1.29 is 9.21 Å². The smallest absolute Gasteiger partial charge is 0.265 e. The van der Waals surface area contributed by atoms with Crippen LogP contribution >= 0.6 is 23.7 Å². The quantitative estimate of drug-likeness (QED) is 0.912. The molecule has 0 aromatic carbocycles. The van der Waals surface area contributed by atoms with Crippen molar-refractivity contribution in [3.8, 4) is 10.8 Å². The fourth-order valence-corrected chi connectivity index (χ4v) is 4.37. The van der Waals surface area contributed by atoms with Crippen molar-refractivity contribution in [2.75, 3.05) is 13.1 Å². The normalized spacial score (nSPS) is 26.8. The lowest BCUT2D eigenvalue weighted by Gasteiger charge is -2.17. The summed E-state index contributed by atoms with van der Waals surface area (Å²) < 4.78 is 5.32. The number of thiazole rings is 1. The lowest BCUT2D eigenvalue weighted by Crippen LogP contribution is -2.33. The molecule has 1 saturated carbocycles. The third kappa shape index (κ3) is 2.55. The van der Waals surface area contributed by atoms with Crippen LogP contribution in [0.25, 0.3) is 10.8 Å². The number of likely N-dealkylation sites (tertiary alicyclic amines) is 1. The summed E-state index contributed by atoms with van der Waals surface area (Å²) in [6, 6.07) is 3.93. The Labute approximate surface area is 138 Å². The number of rotatable bonds is 2. The zero-order valence-corrected chi connectivity index (χ0v) is 13.6. The molecule has 2 fully saturated rings. The highest BCUT2D eigenvalue weighted by molar-refractivity contribution is 7.16. The van der Waals surface area contributed by atoms with Crippen molar-refractivity contribution in [3.63, 3.8) is 0 Å². The standard InChI is InChI=1S/C15H17N3O2S.ClH/c16-11-4-3-9-7-18(8-10(9)11)15(19)13-6-17-14(21-13)12-2-1-5-20-12;/h1-2,5-6,9-11H,3-4,7-8,16H2;1H. The van der Waals surface area contributed by atoms with Crippen LogP contribution in [0.3, 0.4) is 0 Å². The molecule has 7 heteroatoms. The maximum absolute atomic E-state index is 12.6. The second-order valence-corrected chi connectivity index (χ2v) is 6.91. The molecule has 3 atom stereocenters. The second-order valence-electron chi connectivity index (χ2n) is 5.88. The molecule has 4 rings (SSSR count). The van der Waals surface area contributed by atoms with Gasteiger partial charge in [-0.15, -0.1) is 23.7 Å². The SMILES string of the molecule is Cl.NC1CCC2CN(C(=O)c3cnc(-c4ccco4)s3)CC12. The number of furan rings is 1. The van der Waals surface area contributed by atoms with E-state index in [0.717, 1.165) is 30.9 Å². The van der Waals surface area contributed by atoms with Crippen LogP contribution in [0.2, 0.25) is 0 Å². The summed E-state index contributed by atoms with van der Waals surface area (Å²) in [5, 5.41) is 0.749. The van der Waals surface area contributed by atoms with Crippen molar-refractivity contribution in [1.82, 2.24) is 9.88 Å². The van der Waals surface area contributed by atoms with Gasteiger partial charge < -0.3 is 15.1 Å². The van der Waals surface area contributed by atoms with Crippen LogP contribution in [0.4, 0.5) is 0 Å². The van der Waals surface area contributed by atoms with E-state index < -0.39 is 0 Å². The summed E-state index contributed by atoms with van der Waals surface area (Å²) in [6.45, 7) is 1.63. The van der Waals surface area contributed by atoms with Gasteiger partial charge in [-0.3, -0.25) is 4.79 Å². The molecule has 0 spiro atoms. The molecule has 2 aliphatic rings. The first-order valence-electron chi connectivity index (χ1n) is 7.27. The van der Waals surface area contributed by atoms with E-state index in [1.54, 1.807) is 12.5 Å². The molecule has 2 aromatic rings. The van der Waals surface area contributed by atoms with Gasteiger partial charge in [0.2, 0.25) is 0 Å². The maximum Gasteiger partial charge on any atom is 0.265 e. The number of fused-ring (bicyclic) bond motifs is 1. The molecule has 3 heterocycles. The summed E-state index contributed by atoms with van der Waals surface area (Å²) >= 11 is 1.39. The van der Waals surface area contributed by atoms with Crippen LogP contribution in [0, 0.1) is 11.8 Å². The van der Waals surface area contributed by atoms with E-state index in [0.29, 0.717) is 22.5 Å². The van der Waals surface area contributed by atoms with Crippen LogP contribution < -0.4 is 5.73 Å². The molecule has 1 amide bonds. The van der Waals surface area contributed by atoms with Gasteiger partial charge >= 0.3 is 0 Å². The molecule has 1 saturated heterocycles. The van der Waals surface area contributed by atoms with Gasteiger partial charge in [-0.2, -0.15) is 0 Å². The minimum absolute atomic E-state index is 0. The van der Waals surface area contributed by atoms with Gasteiger partial charge in [0, 0.05) is 19.1 Å². The van der Waals surface area contributed by atoms with Gasteiger partial charge in [0.15, 0.2) is 10.8 Å². The summed E-state index contributed by atoms with van der Waals surface area (Å²) in [5.74, 6) is 1.85. The molecule has 0 bridgehead atoms. The average Bonchev–Trinajstić information content (AvgIpc) is 3.25. The van der Waals surface area contributed by atoms with E-state index in [-0.39, 0.29) is 24.4 Å². The lowest BCUT2D eigenvalue weighted by atomic mass is 9.98. The fourth-order valence-electron chi connectivity index (χ4n) is 3.52. The molecule has 5 nitrogen and oxygen atoms in total. The third-order valence-electron chi connectivity index (χ3n) is 4.65. The summed E-state index contributed by atoms with van der Waals surface area (Å²) in [7, 11) is 0. The van der Waals surface area contributed by atoms with Crippen molar-refractivity contribution in [3.05, 3.63) is 29.5 Å². The van der Waals surface area contributed by atoms with E-state index in [1.165, 1.54) is 11.3 Å². The number of nitrogens with two attached hydrogens (primary N) is 1. The van der Waals surface area contributed by atoms with E-state index in [9.17, 15) is 4.79 Å². The number of halogens is 1. The van der Waals surface area contributed by atoms with E-state index in [1.807, 2.05) is 17.0 Å². The van der Waals surface area contributed by atoms with Crippen LogP contribution in [-0.2, 0) is 0 Å². The van der Waals surface area contributed by atoms with Crippen molar-refractivity contribution in [2.24, 2.45) is 17.6 Å². The molecule has 1 aliphatic carbocycles. The number of amides is 1. The molecule has 118 valence electrons. The third-order valence-corrected chi connectivity index (χ3v) is 5.65. The molecule has 2 N–H and O–H groups in total. The van der Waals surface area contributed by atoms with Crippen molar-refractivity contribution in [2.45, 2.75) is 18.9 Å². The number of nitrogens with zero attached hydrogens (tertiary/aromatic N) is 2. The Kier molecular flexibility index (Phi) is 4.25. The minimum Gasteiger partial charge on any atom is -0.462 e. The predicted molar refractivity (Wildman–Crippen MR) is 87.2 cm³/mol. The summed E-state index contributed by atoms with van der Waals surface area (Å²) in [4.78, 5) is 19.5. The lowest BCUT2D eigenvalue weighted by molar-refractivity contribution is 0.0784. The highest BCUT2D eigenvalue weighted by Crippen LogP contribution is 2.38. The molecular weight excluding hydrogens is 322 g/mol. The molecule has 3 unspecified atom stereocenters. The topological polar surface area (TPSA) is 72.4 Å². The van der Waals surface area contributed by atoms with Gasteiger partial charge in [0.1, 0.15) is 4.88 Å². The van der Waals surface area contributed by atoms with Crippen LogP contribution in [-0.4, -0.2) is 34.9 Å². The van der Waals surface area contributed by atoms with Gasteiger partial charge in [0.25, 0.3) is 5.91 Å².